The number of halogens is 1. The predicted molar refractivity (Wildman–Crippen MR) is 197 cm³/mol. The van der Waals surface area contributed by atoms with Crippen LogP contribution in [0.25, 0.3) is 21.5 Å². The molecule has 3 heteroatoms. The Labute approximate surface area is 274 Å². The third kappa shape index (κ3) is 4.76. The quantitative estimate of drug-likeness (QED) is 0.196. The van der Waals surface area contributed by atoms with E-state index in [9.17, 15) is 0 Å². The number of nitrogens with zero attached hydrogens (tertiary/aromatic N) is 2. The van der Waals surface area contributed by atoms with Crippen molar-refractivity contribution < 1.29 is 0 Å². The first-order chi connectivity index (χ1) is 21.7. The van der Waals surface area contributed by atoms with E-state index in [1.807, 2.05) is 0 Å². The summed E-state index contributed by atoms with van der Waals surface area (Å²) in [6.07, 6.45) is 15.0. The molecule has 3 atom stereocenters. The zero-order valence-electron chi connectivity index (χ0n) is 27.8. The molecule has 45 heavy (non-hydrogen) atoms. The average Bonchev–Trinajstić information content (AvgIpc) is 3.41. The maximum Gasteiger partial charge on any atom is 0.141 e. The van der Waals surface area contributed by atoms with E-state index in [1.54, 1.807) is 0 Å². The first-order valence-corrected chi connectivity index (χ1v) is 17.3. The monoisotopic (exact) mass is 614 g/mol. The van der Waals surface area contributed by atoms with E-state index >= 15 is 0 Å². The van der Waals surface area contributed by atoms with Crippen LogP contribution in [0, 0.1) is 0 Å². The van der Waals surface area contributed by atoms with Crippen LogP contribution in [0.5, 0.6) is 0 Å². The van der Waals surface area contributed by atoms with Gasteiger partial charge in [-0.1, -0.05) is 86.1 Å². The summed E-state index contributed by atoms with van der Waals surface area (Å²) in [4.78, 5) is 0. The van der Waals surface area contributed by atoms with Gasteiger partial charge in [0.2, 0.25) is 0 Å². The van der Waals surface area contributed by atoms with Crippen molar-refractivity contribution in [2.45, 2.75) is 63.8 Å². The summed E-state index contributed by atoms with van der Waals surface area (Å²) in [5, 5.41) is 6.42. The number of quaternary nitrogens is 2. The van der Waals surface area contributed by atoms with Gasteiger partial charge in [0, 0.05) is 34.2 Å². The van der Waals surface area contributed by atoms with E-state index in [0.29, 0.717) is 17.9 Å². The molecule has 0 amide bonds. The molecule has 2 aliphatic heterocycles. The Bertz CT molecular complexity index is 1940. The summed E-state index contributed by atoms with van der Waals surface area (Å²) in [7, 11) is 9.43. The van der Waals surface area contributed by atoms with Crippen LogP contribution in [-0.4, -0.2) is 34.2 Å². The van der Waals surface area contributed by atoms with E-state index in [-0.39, 0.29) is 0 Å². The highest BCUT2D eigenvalue weighted by molar-refractivity contribution is 6.32. The SMILES string of the molecule is CCC1C(=CC=C2CCCC(C=CC3C(CC)c4c(ccc5ccccc45)[N+]3(C)C)=C2Cl)[N+](C)(C)c2ccc3ccccc3c21. The van der Waals surface area contributed by atoms with Gasteiger partial charge in [-0.2, -0.15) is 0 Å². The third-order valence-corrected chi connectivity index (χ3v) is 11.7. The van der Waals surface area contributed by atoms with E-state index in [1.165, 1.54) is 60.9 Å². The number of allylic oxidation sites excluding steroid dienone is 7. The molecule has 0 N–H and O–H groups in total. The molecule has 2 heterocycles. The highest BCUT2D eigenvalue weighted by Crippen LogP contribution is 2.52. The number of hydrogen-bond donors (Lipinski definition) is 0. The van der Waals surface area contributed by atoms with Crippen molar-refractivity contribution in [3.63, 3.8) is 0 Å². The minimum atomic E-state index is 0.375. The van der Waals surface area contributed by atoms with Gasteiger partial charge >= 0.3 is 0 Å². The Morgan fingerprint density at radius 3 is 2.04 bits per heavy atom. The van der Waals surface area contributed by atoms with Crippen LogP contribution in [0.15, 0.2) is 119 Å². The first kappa shape index (κ1) is 30.2. The summed E-state index contributed by atoms with van der Waals surface area (Å²) in [6, 6.07) is 27.4. The van der Waals surface area contributed by atoms with Gasteiger partial charge in [-0.05, 0) is 89.1 Å². The van der Waals surface area contributed by atoms with Crippen molar-refractivity contribution in [1.82, 2.24) is 8.97 Å². The molecule has 0 fully saturated rings. The zero-order chi connectivity index (χ0) is 31.5. The summed E-state index contributed by atoms with van der Waals surface area (Å²) >= 11 is 7.26. The van der Waals surface area contributed by atoms with Crippen molar-refractivity contribution in [3.05, 3.63) is 130 Å². The number of hydrogen-bond acceptors (Lipinski definition) is 0. The van der Waals surface area contributed by atoms with Crippen LogP contribution in [0.3, 0.4) is 0 Å². The number of rotatable bonds is 5. The fourth-order valence-corrected chi connectivity index (χ4v) is 9.21. The third-order valence-electron chi connectivity index (χ3n) is 11.3. The lowest BCUT2D eigenvalue weighted by Gasteiger charge is -2.32. The predicted octanol–water partition coefficient (Wildman–Crippen LogP) is 11.3. The van der Waals surface area contributed by atoms with Gasteiger partial charge in [0.25, 0.3) is 0 Å². The second-order valence-corrected chi connectivity index (χ2v) is 14.6. The van der Waals surface area contributed by atoms with Crippen molar-refractivity contribution in [2.24, 2.45) is 0 Å². The first-order valence-electron chi connectivity index (χ1n) is 16.9. The van der Waals surface area contributed by atoms with Crippen LogP contribution in [-0.2, 0) is 0 Å². The lowest BCUT2D eigenvalue weighted by atomic mass is 9.87. The molecule has 0 radical (unpaired) electrons. The largest absolute Gasteiger partial charge is 0.290 e. The second kappa shape index (κ2) is 11.4. The van der Waals surface area contributed by atoms with Crippen molar-refractivity contribution >= 4 is 44.5 Å². The van der Waals surface area contributed by atoms with Gasteiger partial charge in [0.1, 0.15) is 23.1 Å². The Kier molecular flexibility index (Phi) is 7.68. The Hall–Kier alpha value is -3.43. The molecule has 230 valence electrons. The zero-order valence-corrected chi connectivity index (χ0v) is 28.5. The second-order valence-electron chi connectivity index (χ2n) is 14.2. The van der Waals surface area contributed by atoms with Crippen LogP contribution in [0.1, 0.15) is 68.9 Å². The van der Waals surface area contributed by atoms with Gasteiger partial charge in [-0.25, -0.2) is 0 Å². The van der Waals surface area contributed by atoms with E-state index in [2.05, 4.69) is 139 Å². The standard InChI is InChI=1S/C42H47ClN2/c1-7-32-36(44(3,4)38-26-20-28-14-9-11-18-34(28)40(32)38)24-22-30-16-13-17-31(42(30)43)23-25-37-33(8-2)41-35-19-12-10-15-29(35)21-27-39(41)45(37,5)6/h9-12,14-15,18-27,32-33,36H,7-8,13,16-17H2,1-6H3/q+2. The lowest BCUT2D eigenvalue weighted by Crippen LogP contribution is -2.47. The van der Waals surface area contributed by atoms with Crippen LogP contribution >= 0.6 is 11.6 Å². The maximum absolute atomic E-state index is 7.26. The highest BCUT2D eigenvalue weighted by Gasteiger charge is 2.46. The van der Waals surface area contributed by atoms with Gasteiger partial charge in [0.05, 0.1) is 34.1 Å². The molecular weight excluding hydrogens is 568 g/mol. The van der Waals surface area contributed by atoms with Crippen LogP contribution < -0.4 is 8.97 Å². The maximum atomic E-state index is 7.26. The number of benzene rings is 4. The summed E-state index contributed by atoms with van der Waals surface area (Å²) in [6.45, 7) is 4.67. The van der Waals surface area contributed by atoms with E-state index in [4.69, 9.17) is 11.6 Å². The molecule has 3 aliphatic rings. The molecule has 3 unspecified atom stereocenters. The molecule has 0 spiro atoms. The minimum absolute atomic E-state index is 0.375. The Balaban J connectivity index is 1.23. The average molecular weight is 615 g/mol. The molecule has 4 aromatic rings. The molecule has 0 aromatic heterocycles. The molecule has 0 bridgehead atoms. The van der Waals surface area contributed by atoms with Crippen molar-refractivity contribution in [3.8, 4) is 0 Å². The van der Waals surface area contributed by atoms with Crippen LogP contribution in [0.4, 0.5) is 11.4 Å². The Morgan fingerprint density at radius 1 is 0.733 bits per heavy atom. The van der Waals surface area contributed by atoms with Gasteiger partial charge in [-0.15, -0.1) is 0 Å². The Morgan fingerprint density at radius 2 is 1.38 bits per heavy atom. The smallest absolute Gasteiger partial charge is 0.141 e. The minimum Gasteiger partial charge on any atom is -0.290 e. The molecule has 2 nitrogen and oxygen atoms in total. The van der Waals surface area contributed by atoms with Crippen molar-refractivity contribution in [1.29, 1.82) is 0 Å². The van der Waals surface area contributed by atoms with Crippen molar-refractivity contribution in [2.75, 3.05) is 28.2 Å². The summed E-state index contributed by atoms with van der Waals surface area (Å²) in [5.41, 5.74) is 9.89. The van der Waals surface area contributed by atoms with Gasteiger partial charge < -0.3 is 0 Å². The van der Waals surface area contributed by atoms with Gasteiger partial charge in [0.15, 0.2) is 0 Å². The number of fused-ring (bicyclic) bond motifs is 6. The number of likely N-dealkylation sites (N-methyl/N-ethyl adjacent to an activating group) is 2. The molecular formula is C42H47ClN2+2. The summed E-state index contributed by atoms with van der Waals surface area (Å²) in [5.74, 6) is 0.876. The highest BCUT2D eigenvalue weighted by atomic mass is 35.5. The molecule has 1 aliphatic carbocycles. The normalized spacial score (nSPS) is 25.6. The lowest BCUT2D eigenvalue weighted by molar-refractivity contribution is 0.330. The van der Waals surface area contributed by atoms with E-state index in [0.717, 1.165) is 46.1 Å². The molecule has 0 saturated carbocycles. The molecule has 4 aromatic carbocycles. The molecule has 0 saturated heterocycles. The fraction of sp³-hybridized carbons (Fsp3) is 0.333. The summed E-state index contributed by atoms with van der Waals surface area (Å²) < 4.78 is 1.66. The van der Waals surface area contributed by atoms with Gasteiger partial charge in [-0.3, -0.25) is 8.97 Å². The van der Waals surface area contributed by atoms with E-state index < -0.39 is 0 Å². The topological polar surface area (TPSA) is 0 Å². The van der Waals surface area contributed by atoms with Crippen LogP contribution in [0.2, 0.25) is 0 Å². The fourth-order valence-electron chi connectivity index (χ4n) is 8.89. The molecule has 7 rings (SSSR count).